The topological polar surface area (TPSA) is 20.2 Å². The summed E-state index contributed by atoms with van der Waals surface area (Å²) in [5.74, 6) is 0.659. The lowest BCUT2D eigenvalue weighted by Crippen LogP contribution is -2.02. The fourth-order valence-electron chi connectivity index (χ4n) is 2.50. The van der Waals surface area contributed by atoms with E-state index in [0.717, 1.165) is 17.7 Å². The lowest BCUT2D eigenvalue weighted by molar-refractivity contribution is 0.182. The first-order valence-electron chi connectivity index (χ1n) is 6.68. The molecule has 1 aliphatic carbocycles. The van der Waals surface area contributed by atoms with Crippen molar-refractivity contribution >= 4 is 34.8 Å². The van der Waals surface area contributed by atoms with Crippen LogP contribution in [-0.2, 0) is 12.8 Å². The van der Waals surface area contributed by atoms with Gasteiger partial charge in [-0.25, -0.2) is 0 Å². The van der Waals surface area contributed by atoms with Crippen molar-refractivity contribution in [2.24, 2.45) is 5.92 Å². The summed E-state index contributed by atoms with van der Waals surface area (Å²) in [6, 6.07) is 4.37. The van der Waals surface area contributed by atoms with E-state index >= 15 is 0 Å². The molecular formula is C16H18OS2. The van der Waals surface area contributed by atoms with Crippen LogP contribution in [0.1, 0.15) is 45.7 Å². The Morgan fingerprint density at radius 3 is 3.00 bits per heavy atom. The van der Waals surface area contributed by atoms with Gasteiger partial charge in [-0.15, -0.1) is 22.7 Å². The van der Waals surface area contributed by atoms with Crippen molar-refractivity contribution in [2.75, 3.05) is 0 Å². The molecule has 0 bridgehead atoms. The van der Waals surface area contributed by atoms with Gasteiger partial charge in [0.1, 0.15) is 0 Å². The molecule has 2 aromatic heterocycles. The number of thiophene rings is 2. The fraction of sp³-hybridized carbons (Fsp3) is 0.375. The first-order chi connectivity index (χ1) is 9.13. The maximum atomic E-state index is 10.5. The molecule has 3 heteroatoms. The van der Waals surface area contributed by atoms with Crippen molar-refractivity contribution in [2.45, 2.75) is 32.8 Å². The summed E-state index contributed by atoms with van der Waals surface area (Å²) in [4.78, 5) is 3.79. The third-order valence-corrected chi connectivity index (χ3v) is 5.56. The normalized spacial score (nSPS) is 18.0. The second-order valence-corrected chi connectivity index (χ2v) is 7.61. The van der Waals surface area contributed by atoms with E-state index in [1.54, 1.807) is 22.7 Å². The highest BCUT2D eigenvalue weighted by Gasteiger charge is 2.19. The van der Waals surface area contributed by atoms with Gasteiger partial charge in [0, 0.05) is 21.1 Å². The number of aliphatic hydroxyl groups excluding tert-OH is 1. The lowest BCUT2D eigenvalue weighted by atomic mass is 10.0. The molecule has 0 spiro atoms. The van der Waals surface area contributed by atoms with Gasteiger partial charge in [-0.3, -0.25) is 0 Å². The monoisotopic (exact) mass is 290 g/mol. The summed E-state index contributed by atoms with van der Waals surface area (Å²) in [5, 5.41) is 12.6. The van der Waals surface area contributed by atoms with Crippen LogP contribution in [0.2, 0.25) is 0 Å². The molecule has 0 aromatic carbocycles. The third-order valence-electron chi connectivity index (χ3n) is 3.36. The van der Waals surface area contributed by atoms with Crippen LogP contribution in [-0.4, -0.2) is 5.11 Å². The molecule has 1 atom stereocenters. The van der Waals surface area contributed by atoms with Crippen molar-refractivity contribution in [1.29, 1.82) is 0 Å². The molecule has 2 heterocycles. The summed E-state index contributed by atoms with van der Waals surface area (Å²) in [6.45, 7) is 4.47. The number of rotatable bonds is 2. The van der Waals surface area contributed by atoms with E-state index in [0.29, 0.717) is 5.92 Å². The number of hydrogen-bond acceptors (Lipinski definition) is 3. The molecule has 0 saturated carbocycles. The van der Waals surface area contributed by atoms with Gasteiger partial charge >= 0.3 is 0 Å². The first-order valence-corrected chi connectivity index (χ1v) is 8.38. The Labute approximate surface area is 122 Å². The van der Waals surface area contributed by atoms with E-state index in [1.807, 2.05) is 0 Å². The maximum absolute atomic E-state index is 10.5. The molecule has 1 nitrogen and oxygen atoms in total. The maximum Gasteiger partial charge on any atom is 0.0928 e. The van der Waals surface area contributed by atoms with Crippen molar-refractivity contribution in [3.63, 3.8) is 0 Å². The predicted molar refractivity (Wildman–Crippen MR) is 84.8 cm³/mol. The van der Waals surface area contributed by atoms with Gasteiger partial charge in [0.25, 0.3) is 0 Å². The molecule has 2 aromatic rings. The van der Waals surface area contributed by atoms with Gasteiger partial charge in [-0.05, 0) is 47.1 Å². The summed E-state index contributed by atoms with van der Waals surface area (Å²) >= 11 is 3.52. The van der Waals surface area contributed by atoms with Gasteiger partial charge in [0.2, 0.25) is 0 Å². The Balaban J connectivity index is 1.99. The van der Waals surface area contributed by atoms with E-state index in [-0.39, 0.29) is 6.10 Å². The van der Waals surface area contributed by atoms with E-state index in [2.05, 4.69) is 43.5 Å². The van der Waals surface area contributed by atoms with Crippen molar-refractivity contribution in [3.8, 4) is 0 Å². The summed E-state index contributed by atoms with van der Waals surface area (Å²) in [7, 11) is 0. The first kappa shape index (κ1) is 13.1. The average molecular weight is 290 g/mol. The highest BCUT2D eigenvalue weighted by molar-refractivity contribution is 7.12. The molecule has 0 saturated heterocycles. The molecule has 3 rings (SSSR count). The Morgan fingerprint density at radius 2 is 2.21 bits per heavy atom. The Bertz CT molecular complexity index is 604. The van der Waals surface area contributed by atoms with Crippen LogP contribution in [0.25, 0.3) is 12.2 Å². The van der Waals surface area contributed by atoms with Gasteiger partial charge in [-0.2, -0.15) is 0 Å². The van der Waals surface area contributed by atoms with Gasteiger partial charge in [-0.1, -0.05) is 19.9 Å². The Hall–Kier alpha value is -0.900. The van der Waals surface area contributed by atoms with Crippen LogP contribution >= 0.6 is 22.7 Å². The molecule has 1 unspecified atom stereocenters. The van der Waals surface area contributed by atoms with E-state index in [4.69, 9.17) is 0 Å². The number of fused-ring (bicyclic) bond motifs is 2. The standard InChI is InChI=1S/C16H18OS2/c1-10(2)7-13-8-12-3-4-15-11(5-6-18-15)9-14(17)16(12)19-13/h3-6,8,10,14,17H,7,9H2,1-2H3. The van der Waals surface area contributed by atoms with Crippen LogP contribution in [0.15, 0.2) is 17.5 Å². The van der Waals surface area contributed by atoms with Crippen LogP contribution < -0.4 is 0 Å². The molecule has 0 fully saturated rings. The molecule has 19 heavy (non-hydrogen) atoms. The van der Waals surface area contributed by atoms with Crippen molar-refractivity contribution in [1.82, 2.24) is 0 Å². The van der Waals surface area contributed by atoms with E-state index in [1.165, 1.54) is 20.9 Å². The Morgan fingerprint density at radius 1 is 1.37 bits per heavy atom. The van der Waals surface area contributed by atoms with Gasteiger partial charge < -0.3 is 5.11 Å². The van der Waals surface area contributed by atoms with Gasteiger partial charge in [0.05, 0.1) is 6.10 Å². The molecular weight excluding hydrogens is 272 g/mol. The average Bonchev–Trinajstić information content (AvgIpc) is 2.91. The number of hydrogen-bond donors (Lipinski definition) is 1. The summed E-state index contributed by atoms with van der Waals surface area (Å²) < 4.78 is 0. The van der Waals surface area contributed by atoms with Crippen molar-refractivity contribution in [3.05, 3.63) is 43.3 Å². The SMILES string of the molecule is CC(C)Cc1cc2c(s1)C(O)Cc1ccsc1C=C2. The molecule has 0 amide bonds. The second kappa shape index (κ2) is 5.23. The quantitative estimate of drug-likeness (QED) is 0.845. The van der Waals surface area contributed by atoms with Crippen LogP contribution in [0.4, 0.5) is 0 Å². The zero-order valence-electron chi connectivity index (χ0n) is 11.2. The molecule has 100 valence electrons. The Kier molecular flexibility index (Phi) is 3.61. The van der Waals surface area contributed by atoms with Crippen LogP contribution in [0.3, 0.4) is 0 Å². The van der Waals surface area contributed by atoms with Crippen molar-refractivity contribution < 1.29 is 5.11 Å². The third kappa shape index (κ3) is 2.69. The number of aliphatic hydroxyl groups is 1. The molecule has 0 radical (unpaired) electrons. The summed E-state index contributed by atoms with van der Waals surface area (Å²) in [6.07, 6.45) is 5.82. The molecule has 1 N–H and O–H groups in total. The molecule has 0 aliphatic heterocycles. The fourth-order valence-corrected chi connectivity index (χ4v) is 4.67. The largest absolute Gasteiger partial charge is 0.387 e. The smallest absolute Gasteiger partial charge is 0.0928 e. The summed E-state index contributed by atoms with van der Waals surface area (Å²) in [5.41, 5.74) is 2.46. The van der Waals surface area contributed by atoms with Crippen LogP contribution in [0, 0.1) is 5.92 Å². The van der Waals surface area contributed by atoms with E-state index in [9.17, 15) is 5.11 Å². The second-order valence-electron chi connectivity index (χ2n) is 5.49. The van der Waals surface area contributed by atoms with Gasteiger partial charge in [0.15, 0.2) is 0 Å². The van der Waals surface area contributed by atoms with E-state index < -0.39 is 0 Å². The minimum absolute atomic E-state index is 0.362. The zero-order valence-corrected chi connectivity index (χ0v) is 12.9. The lowest BCUT2D eigenvalue weighted by Gasteiger charge is -2.12. The predicted octanol–water partition coefficient (Wildman–Crippen LogP) is 4.77. The minimum atomic E-state index is -0.362. The minimum Gasteiger partial charge on any atom is -0.387 e. The zero-order chi connectivity index (χ0) is 13.4. The highest BCUT2D eigenvalue weighted by Crippen LogP contribution is 2.36. The molecule has 1 aliphatic rings. The van der Waals surface area contributed by atoms with Crippen LogP contribution in [0.5, 0.6) is 0 Å². The highest BCUT2D eigenvalue weighted by atomic mass is 32.1.